The fourth-order valence-corrected chi connectivity index (χ4v) is 10.4. The van der Waals surface area contributed by atoms with Gasteiger partial charge in [0.05, 0.1) is 44.1 Å². The largest absolute Gasteiger partial charge is 0.309 e. The van der Waals surface area contributed by atoms with Crippen LogP contribution in [0.5, 0.6) is 0 Å². The van der Waals surface area contributed by atoms with Crippen LogP contribution in [0.25, 0.3) is 127 Å². The predicted octanol–water partition coefficient (Wildman–Crippen LogP) is 13.7. The Labute approximate surface area is 337 Å². The van der Waals surface area contributed by atoms with Crippen molar-refractivity contribution in [3.63, 3.8) is 0 Å². The maximum Gasteiger partial charge on any atom is 0.165 e. The van der Waals surface area contributed by atoms with E-state index in [2.05, 4.69) is 190 Å². The van der Waals surface area contributed by atoms with Gasteiger partial charge in [0.1, 0.15) is 5.69 Å². The van der Waals surface area contributed by atoms with Crippen molar-refractivity contribution in [2.24, 2.45) is 0 Å². The van der Waals surface area contributed by atoms with Gasteiger partial charge in [0, 0.05) is 54.8 Å². The highest BCUT2D eigenvalue weighted by atomic mass is 15.1. The number of aromatic nitrogens is 5. The molecule has 0 bridgehead atoms. The van der Waals surface area contributed by atoms with Gasteiger partial charge >= 0.3 is 0 Å². The van der Waals surface area contributed by atoms with E-state index in [0.29, 0.717) is 0 Å². The molecule has 0 saturated heterocycles. The summed E-state index contributed by atoms with van der Waals surface area (Å²) < 4.78 is 7.21. The summed E-state index contributed by atoms with van der Waals surface area (Å²) in [5, 5.41) is 9.95. The van der Waals surface area contributed by atoms with E-state index in [9.17, 15) is 0 Å². The molecule has 0 saturated carbocycles. The highest BCUT2D eigenvalue weighted by Gasteiger charge is 2.27. The van der Waals surface area contributed by atoms with Crippen LogP contribution in [-0.4, -0.2) is 23.7 Å². The van der Waals surface area contributed by atoms with Crippen molar-refractivity contribution in [2.45, 2.75) is 0 Å². The summed E-state index contributed by atoms with van der Waals surface area (Å²) in [6.07, 6.45) is 0. The predicted molar refractivity (Wildman–Crippen MR) is 244 cm³/mol. The van der Waals surface area contributed by atoms with Crippen LogP contribution in [0.2, 0.25) is 0 Å². The second-order valence-electron chi connectivity index (χ2n) is 15.7. The van der Waals surface area contributed by atoms with Gasteiger partial charge in [-0.15, -0.1) is 0 Å². The van der Waals surface area contributed by atoms with Gasteiger partial charge < -0.3 is 9.13 Å². The molecule has 5 heteroatoms. The molecule has 5 heterocycles. The third kappa shape index (κ3) is 4.03. The molecule has 4 aromatic heterocycles. The minimum absolute atomic E-state index is 0.858. The van der Waals surface area contributed by atoms with E-state index in [1.54, 1.807) is 0 Å². The lowest BCUT2D eigenvalue weighted by molar-refractivity contribution is 1.08. The Morgan fingerprint density at radius 2 is 0.847 bits per heavy atom. The van der Waals surface area contributed by atoms with Crippen molar-refractivity contribution in [1.82, 2.24) is 23.7 Å². The molecular formula is C54H31N5. The molecule has 0 N–H and O–H groups in total. The minimum atomic E-state index is 0.858. The van der Waals surface area contributed by atoms with Crippen LogP contribution in [0.15, 0.2) is 188 Å². The van der Waals surface area contributed by atoms with Gasteiger partial charge in [0.2, 0.25) is 0 Å². The van der Waals surface area contributed by atoms with Crippen LogP contribution >= 0.6 is 0 Å². The average Bonchev–Trinajstić information content (AvgIpc) is 3.92. The minimum Gasteiger partial charge on any atom is -0.309 e. The topological polar surface area (TPSA) is 40.6 Å². The monoisotopic (exact) mass is 749 g/mol. The van der Waals surface area contributed by atoms with E-state index in [4.69, 9.17) is 9.97 Å². The van der Waals surface area contributed by atoms with Crippen molar-refractivity contribution in [3.05, 3.63) is 188 Å². The third-order valence-electron chi connectivity index (χ3n) is 12.7. The van der Waals surface area contributed by atoms with Crippen molar-refractivity contribution >= 4 is 87.2 Å². The van der Waals surface area contributed by atoms with Gasteiger partial charge in [-0.05, 0) is 83.1 Å². The van der Waals surface area contributed by atoms with Crippen LogP contribution in [0.1, 0.15) is 0 Å². The zero-order chi connectivity index (χ0) is 38.3. The molecule has 0 radical (unpaired) electrons. The molecule has 272 valence electrons. The third-order valence-corrected chi connectivity index (χ3v) is 12.7. The van der Waals surface area contributed by atoms with Crippen LogP contribution in [0.3, 0.4) is 0 Å². The lowest BCUT2D eigenvalue weighted by Crippen LogP contribution is -2.02. The van der Waals surface area contributed by atoms with Crippen molar-refractivity contribution in [1.29, 1.82) is 0 Å². The van der Waals surface area contributed by atoms with Gasteiger partial charge in [0.25, 0.3) is 0 Å². The number of benzene rings is 9. The first-order chi connectivity index (χ1) is 29.3. The fourth-order valence-electron chi connectivity index (χ4n) is 10.4. The molecule has 1 aliphatic rings. The first-order valence-electron chi connectivity index (χ1n) is 20.2. The SMILES string of the molecule is c1ccc(-n2c3ccccc3c3c4ccc5c(c4ccc32)c2ccccc2n5-c2ccc3c(c2)c2cccc4c2n3-c2nc3ccccc3nc2-c2ccccc2-4)cc1. The van der Waals surface area contributed by atoms with Crippen molar-refractivity contribution in [3.8, 4) is 39.6 Å². The molecule has 0 unspecified atom stereocenters. The fraction of sp³-hybridized carbons (Fsp3) is 0. The molecule has 0 amide bonds. The molecule has 0 atom stereocenters. The van der Waals surface area contributed by atoms with E-state index >= 15 is 0 Å². The normalized spacial score (nSPS) is 12.4. The van der Waals surface area contributed by atoms with Crippen molar-refractivity contribution in [2.75, 3.05) is 0 Å². The highest BCUT2D eigenvalue weighted by molar-refractivity contribution is 6.29. The van der Waals surface area contributed by atoms with Crippen LogP contribution < -0.4 is 0 Å². The van der Waals surface area contributed by atoms with E-state index < -0.39 is 0 Å². The quantitative estimate of drug-likeness (QED) is 0.177. The highest BCUT2D eigenvalue weighted by Crippen LogP contribution is 2.47. The summed E-state index contributed by atoms with van der Waals surface area (Å²) in [4.78, 5) is 10.6. The molecule has 5 nitrogen and oxygen atoms in total. The number of hydrogen-bond donors (Lipinski definition) is 0. The van der Waals surface area contributed by atoms with E-state index in [0.717, 1.165) is 44.8 Å². The Hall–Kier alpha value is -8.02. The summed E-state index contributed by atoms with van der Waals surface area (Å²) in [5.41, 5.74) is 15.5. The Bertz CT molecular complexity index is 3960. The summed E-state index contributed by atoms with van der Waals surface area (Å²) >= 11 is 0. The Kier molecular flexibility index (Phi) is 5.96. The summed E-state index contributed by atoms with van der Waals surface area (Å²) in [7, 11) is 0. The molecule has 0 fully saturated rings. The zero-order valence-corrected chi connectivity index (χ0v) is 31.6. The van der Waals surface area contributed by atoms with E-state index in [-0.39, 0.29) is 0 Å². The standard InChI is InChI=1S/C54H31N5/c1-2-13-32(14-3-1)57-45-23-10-6-17-40(45)50-35-27-30-49-51(36(35)26-29-48(50)57)41-18-7-11-24-46(41)58(49)33-25-28-47-42(31-33)39-20-12-19-38-34-15-4-5-16-37(34)52-54(59(47)53(38)39)56-44-22-9-8-21-43(44)55-52/h1-31H. The number of para-hydroxylation sites is 6. The van der Waals surface area contributed by atoms with Gasteiger partial charge in [-0.25, -0.2) is 9.97 Å². The molecule has 0 spiro atoms. The first-order valence-corrected chi connectivity index (χ1v) is 20.2. The number of nitrogens with zero attached hydrogens (tertiary/aromatic N) is 5. The molecular weight excluding hydrogens is 719 g/mol. The van der Waals surface area contributed by atoms with E-state index in [1.807, 2.05) is 12.1 Å². The van der Waals surface area contributed by atoms with E-state index in [1.165, 1.54) is 82.0 Å². The molecule has 9 aromatic carbocycles. The van der Waals surface area contributed by atoms with Crippen molar-refractivity contribution < 1.29 is 0 Å². The first kappa shape index (κ1) is 31.1. The molecule has 0 aliphatic carbocycles. The summed E-state index contributed by atoms with van der Waals surface area (Å²) in [6, 6.07) is 68.2. The molecule has 59 heavy (non-hydrogen) atoms. The Balaban J connectivity index is 1.06. The lowest BCUT2D eigenvalue weighted by Gasteiger charge is -2.13. The van der Waals surface area contributed by atoms with Gasteiger partial charge in [0.15, 0.2) is 5.82 Å². The van der Waals surface area contributed by atoms with Crippen LogP contribution in [-0.2, 0) is 0 Å². The second kappa shape index (κ2) is 11.3. The molecule has 1 aliphatic heterocycles. The second-order valence-corrected chi connectivity index (χ2v) is 15.7. The lowest BCUT2D eigenvalue weighted by atomic mass is 9.96. The smallest absolute Gasteiger partial charge is 0.165 e. The molecule has 14 rings (SSSR count). The average molecular weight is 750 g/mol. The summed E-state index contributed by atoms with van der Waals surface area (Å²) in [6.45, 7) is 0. The maximum absolute atomic E-state index is 5.36. The number of fused-ring (bicyclic) bond motifs is 18. The Morgan fingerprint density at radius 1 is 0.305 bits per heavy atom. The van der Waals surface area contributed by atoms with Gasteiger partial charge in [-0.3, -0.25) is 4.57 Å². The number of rotatable bonds is 2. The van der Waals surface area contributed by atoms with Crippen LogP contribution in [0, 0.1) is 0 Å². The zero-order valence-electron chi connectivity index (χ0n) is 31.6. The number of hydrogen-bond acceptors (Lipinski definition) is 2. The molecule has 13 aromatic rings. The summed E-state index contributed by atoms with van der Waals surface area (Å²) in [5.74, 6) is 0.858. The van der Waals surface area contributed by atoms with Gasteiger partial charge in [-0.1, -0.05) is 121 Å². The maximum atomic E-state index is 5.36. The van der Waals surface area contributed by atoms with Gasteiger partial charge in [-0.2, -0.15) is 0 Å². The Morgan fingerprint density at radius 3 is 1.58 bits per heavy atom. The van der Waals surface area contributed by atoms with Crippen LogP contribution in [0.4, 0.5) is 0 Å².